The standard InChI is InChI=1S/C15H21NO4/c1-2-12(9-13(11-16)10-15(19)20)7-5-3-4-6-8-14(17)18/h2-4,12-13H,1,5-10H2,(H,17,18)(H,19,20)/b4-3+. The number of hydrogen-bond acceptors (Lipinski definition) is 3. The molecule has 0 aliphatic rings. The van der Waals surface area contributed by atoms with Crippen LogP contribution >= 0.6 is 0 Å². The summed E-state index contributed by atoms with van der Waals surface area (Å²) in [6.45, 7) is 3.71. The lowest BCUT2D eigenvalue weighted by Gasteiger charge is -2.14. The summed E-state index contributed by atoms with van der Waals surface area (Å²) in [7, 11) is 0. The van der Waals surface area contributed by atoms with Gasteiger partial charge in [0.2, 0.25) is 0 Å². The van der Waals surface area contributed by atoms with Crippen LogP contribution in [-0.4, -0.2) is 22.2 Å². The van der Waals surface area contributed by atoms with Gasteiger partial charge in [0.1, 0.15) is 0 Å². The van der Waals surface area contributed by atoms with E-state index < -0.39 is 17.9 Å². The van der Waals surface area contributed by atoms with Crippen LogP contribution in [-0.2, 0) is 9.59 Å². The number of nitriles is 1. The van der Waals surface area contributed by atoms with Crippen LogP contribution < -0.4 is 0 Å². The van der Waals surface area contributed by atoms with Gasteiger partial charge in [-0.2, -0.15) is 5.26 Å². The van der Waals surface area contributed by atoms with Crippen LogP contribution in [0.5, 0.6) is 0 Å². The molecule has 0 aliphatic carbocycles. The van der Waals surface area contributed by atoms with Crippen LogP contribution in [0.2, 0.25) is 0 Å². The average Bonchev–Trinajstić information content (AvgIpc) is 2.39. The molecule has 0 spiro atoms. The van der Waals surface area contributed by atoms with Gasteiger partial charge in [0.05, 0.1) is 18.4 Å². The Bertz CT molecular complexity index is 395. The monoisotopic (exact) mass is 279 g/mol. The predicted octanol–water partition coefficient (Wildman–Crippen LogP) is 2.99. The second-order valence-corrected chi connectivity index (χ2v) is 4.64. The zero-order chi connectivity index (χ0) is 15.4. The minimum atomic E-state index is -0.965. The number of allylic oxidation sites excluding steroid dienone is 3. The summed E-state index contributed by atoms with van der Waals surface area (Å²) in [4.78, 5) is 20.9. The smallest absolute Gasteiger partial charge is 0.304 e. The van der Waals surface area contributed by atoms with Crippen LogP contribution in [0.1, 0.15) is 38.5 Å². The topological polar surface area (TPSA) is 98.4 Å². The van der Waals surface area contributed by atoms with E-state index in [0.717, 1.165) is 12.8 Å². The van der Waals surface area contributed by atoms with Crippen molar-refractivity contribution in [1.82, 2.24) is 0 Å². The molecule has 2 unspecified atom stereocenters. The third-order valence-corrected chi connectivity index (χ3v) is 2.92. The molecule has 0 saturated heterocycles. The van der Waals surface area contributed by atoms with Crippen molar-refractivity contribution >= 4 is 11.9 Å². The zero-order valence-electron chi connectivity index (χ0n) is 11.5. The number of nitrogens with zero attached hydrogens (tertiary/aromatic N) is 1. The largest absolute Gasteiger partial charge is 0.481 e. The summed E-state index contributed by atoms with van der Waals surface area (Å²) in [5.41, 5.74) is 0. The van der Waals surface area contributed by atoms with Gasteiger partial charge in [-0.3, -0.25) is 9.59 Å². The fourth-order valence-electron chi connectivity index (χ4n) is 1.84. The fraction of sp³-hybridized carbons (Fsp3) is 0.533. The van der Waals surface area contributed by atoms with Crippen molar-refractivity contribution < 1.29 is 19.8 Å². The number of hydrogen-bond donors (Lipinski definition) is 2. The lowest BCUT2D eigenvalue weighted by atomic mass is 9.90. The molecular weight excluding hydrogens is 258 g/mol. The van der Waals surface area contributed by atoms with E-state index in [1.54, 1.807) is 6.08 Å². The molecule has 5 heteroatoms. The first-order valence-corrected chi connectivity index (χ1v) is 6.60. The fourth-order valence-corrected chi connectivity index (χ4v) is 1.84. The second-order valence-electron chi connectivity index (χ2n) is 4.64. The van der Waals surface area contributed by atoms with Crippen LogP contribution in [0.15, 0.2) is 24.8 Å². The lowest BCUT2D eigenvalue weighted by molar-refractivity contribution is -0.138. The van der Waals surface area contributed by atoms with E-state index in [1.165, 1.54) is 0 Å². The summed E-state index contributed by atoms with van der Waals surface area (Å²) in [5.74, 6) is -2.17. The summed E-state index contributed by atoms with van der Waals surface area (Å²) in [6, 6.07) is 2.01. The van der Waals surface area contributed by atoms with Crippen molar-refractivity contribution in [3.63, 3.8) is 0 Å². The maximum atomic E-state index is 10.6. The SMILES string of the molecule is C=CC(CC/C=C/CCC(=O)O)CC(C#N)CC(=O)O. The van der Waals surface area contributed by atoms with Gasteiger partial charge < -0.3 is 10.2 Å². The maximum absolute atomic E-state index is 10.6. The highest BCUT2D eigenvalue weighted by molar-refractivity contribution is 5.67. The molecule has 2 N–H and O–H groups in total. The third-order valence-electron chi connectivity index (χ3n) is 2.92. The normalized spacial score (nSPS) is 13.6. The Morgan fingerprint density at radius 2 is 1.85 bits per heavy atom. The highest BCUT2D eigenvalue weighted by Gasteiger charge is 2.16. The molecule has 0 amide bonds. The lowest BCUT2D eigenvalue weighted by Crippen LogP contribution is -2.10. The summed E-state index contributed by atoms with van der Waals surface area (Å²) in [5, 5.41) is 26.0. The summed E-state index contributed by atoms with van der Waals surface area (Å²) < 4.78 is 0. The molecule has 20 heavy (non-hydrogen) atoms. The van der Waals surface area contributed by atoms with Gasteiger partial charge in [-0.25, -0.2) is 0 Å². The molecule has 110 valence electrons. The van der Waals surface area contributed by atoms with E-state index in [4.69, 9.17) is 15.5 Å². The Kier molecular flexibility index (Phi) is 9.67. The minimum absolute atomic E-state index is 0.100. The van der Waals surface area contributed by atoms with E-state index in [0.29, 0.717) is 12.8 Å². The Morgan fingerprint density at radius 3 is 2.35 bits per heavy atom. The van der Waals surface area contributed by atoms with E-state index in [-0.39, 0.29) is 18.8 Å². The number of carboxylic acids is 2. The Balaban J connectivity index is 4.03. The quantitative estimate of drug-likeness (QED) is 0.566. The summed E-state index contributed by atoms with van der Waals surface area (Å²) >= 11 is 0. The maximum Gasteiger partial charge on any atom is 0.304 e. The van der Waals surface area contributed by atoms with Gasteiger partial charge in [-0.15, -0.1) is 6.58 Å². The van der Waals surface area contributed by atoms with Crippen molar-refractivity contribution in [2.45, 2.75) is 38.5 Å². The molecule has 0 rings (SSSR count). The molecule has 0 fully saturated rings. The van der Waals surface area contributed by atoms with Gasteiger partial charge in [0.15, 0.2) is 0 Å². The van der Waals surface area contributed by atoms with Crippen LogP contribution in [0.25, 0.3) is 0 Å². The number of rotatable bonds is 11. The molecule has 0 aliphatic heterocycles. The van der Waals surface area contributed by atoms with Crippen molar-refractivity contribution in [2.24, 2.45) is 11.8 Å². The van der Waals surface area contributed by atoms with Crippen molar-refractivity contribution in [3.05, 3.63) is 24.8 Å². The molecule has 5 nitrogen and oxygen atoms in total. The van der Waals surface area contributed by atoms with Crippen LogP contribution in [0.4, 0.5) is 0 Å². The number of carboxylic acid groups (broad SMARTS) is 2. The first-order valence-electron chi connectivity index (χ1n) is 6.60. The van der Waals surface area contributed by atoms with Gasteiger partial charge >= 0.3 is 11.9 Å². The van der Waals surface area contributed by atoms with Gasteiger partial charge in [-0.05, 0) is 31.6 Å². The Hall–Kier alpha value is -2.09. The van der Waals surface area contributed by atoms with E-state index in [1.807, 2.05) is 18.2 Å². The van der Waals surface area contributed by atoms with E-state index in [9.17, 15) is 9.59 Å². The first-order chi connectivity index (χ1) is 9.49. The van der Waals surface area contributed by atoms with Crippen LogP contribution in [0.3, 0.4) is 0 Å². The van der Waals surface area contributed by atoms with E-state index in [2.05, 4.69) is 6.58 Å². The molecule has 0 aromatic carbocycles. The average molecular weight is 279 g/mol. The molecule has 0 bridgehead atoms. The molecule has 0 saturated carbocycles. The van der Waals surface area contributed by atoms with Gasteiger partial charge in [-0.1, -0.05) is 18.2 Å². The molecule has 2 atom stereocenters. The predicted molar refractivity (Wildman–Crippen MR) is 74.9 cm³/mol. The Morgan fingerprint density at radius 1 is 1.20 bits per heavy atom. The molecular formula is C15H21NO4. The van der Waals surface area contributed by atoms with Crippen molar-refractivity contribution in [1.29, 1.82) is 5.26 Å². The van der Waals surface area contributed by atoms with Crippen molar-refractivity contribution in [3.8, 4) is 6.07 Å². The van der Waals surface area contributed by atoms with Crippen molar-refractivity contribution in [2.75, 3.05) is 0 Å². The van der Waals surface area contributed by atoms with Gasteiger partial charge in [0.25, 0.3) is 0 Å². The van der Waals surface area contributed by atoms with Crippen LogP contribution in [0, 0.1) is 23.2 Å². The Labute approximate surface area is 119 Å². The number of carbonyl (C=O) groups is 2. The second kappa shape index (κ2) is 10.8. The number of aliphatic carboxylic acids is 2. The molecule has 0 heterocycles. The highest BCUT2D eigenvalue weighted by Crippen LogP contribution is 2.21. The third kappa shape index (κ3) is 9.89. The van der Waals surface area contributed by atoms with E-state index >= 15 is 0 Å². The molecule has 0 radical (unpaired) electrons. The minimum Gasteiger partial charge on any atom is -0.481 e. The zero-order valence-corrected chi connectivity index (χ0v) is 11.5. The molecule has 0 aromatic rings. The highest BCUT2D eigenvalue weighted by atomic mass is 16.4. The first kappa shape index (κ1) is 17.9. The summed E-state index contributed by atoms with van der Waals surface area (Å²) in [6.07, 6.45) is 8.02. The van der Waals surface area contributed by atoms with Gasteiger partial charge in [0, 0.05) is 6.42 Å². The molecule has 0 aromatic heterocycles.